The number of carbonyl (C=O) groups is 1. The number of rotatable bonds is 5. The molecule has 0 unspecified atom stereocenters. The van der Waals surface area contributed by atoms with Gasteiger partial charge in [0.25, 0.3) is 10.0 Å². The molecule has 0 saturated carbocycles. The highest BCUT2D eigenvalue weighted by Crippen LogP contribution is 2.32. The molecular weight excluding hydrogens is 422 g/mol. The van der Waals surface area contributed by atoms with Gasteiger partial charge in [-0.1, -0.05) is 18.2 Å². The number of para-hydroxylation sites is 1. The number of amides is 1. The van der Waals surface area contributed by atoms with Crippen LogP contribution >= 0.6 is 0 Å². The van der Waals surface area contributed by atoms with Crippen molar-refractivity contribution in [2.24, 2.45) is 0 Å². The summed E-state index contributed by atoms with van der Waals surface area (Å²) in [7, 11) is -3.77. The van der Waals surface area contributed by atoms with Crippen LogP contribution in [0, 0.1) is 6.92 Å². The topological polar surface area (TPSA) is 71.4 Å². The first-order valence-electron chi connectivity index (χ1n) is 10.8. The van der Waals surface area contributed by atoms with E-state index in [9.17, 15) is 13.2 Å². The maximum atomic E-state index is 13.1. The Kier molecular flexibility index (Phi) is 4.93. The molecule has 2 heterocycles. The molecule has 0 atom stereocenters. The van der Waals surface area contributed by atoms with Crippen molar-refractivity contribution >= 4 is 49.1 Å². The molecule has 1 fully saturated rings. The van der Waals surface area contributed by atoms with Crippen molar-refractivity contribution in [3.05, 3.63) is 66.2 Å². The minimum absolute atomic E-state index is 0.0846. The first kappa shape index (κ1) is 20.6. The van der Waals surface area contributed by atoms with Gasteiger partial charge in [-0.3, -0.25) is 9.52 Å². The number of sulfonamides is 1. The van der Waals surface area contributed by atoms with E-state index >= 15 is 0 Å². The highest BCUT2D eigenvalue weighted by molar-refractivity contribution is 7.92. The molecule has 0 radical (unpaired) electrons. The lowest BCUT2D eigenvalue weighted by atomic mass is 10.1. The van der Waals surface area contributed by atoms with E-state index in [-0.39, 0.29) is 10.8 Å². The summed E-state index contributed by atoms with van der Waals surface area (Å²) < 4.78 is 31.2. The van der Waals surface area contributed by atoms with Gasteiger partial charge < -0.3 is 9.47 Å². The lowest BCUT2D eigenvalue weighted by molar-refractivity contribution is -0.117. The second-order valence-corrected chi connectivity index (χ2v) is 9.88. The Bertz CT molecular complexity index is 1470. The van der Waals surface area contributed by atoms with E-state index in [0.29, 0.717) is 18.7 Å². The van der Waals surface area contributed by atoms with Crippen LogP contribution in [0.4, 0.5) is 11.4 Å². The molecule has 1 saturated heterocycles. The molecule has 1 amide bonds. The zero-order valence-corrected chi connectivity index (χ0v) is 18.9. The van der Waals surface area contributed by atoms with Gasteiger partial charge in [0.15, 0.2) is 0 Å². The third kappa shape index (κ3) is 3.33. The van der Waals surface area contributed by atoms with Crippen LogP contribution in [0.3, 0.4) is 0 Å². The molecular formula is C25H25N3O3S. The molecule has 0 bridgehead atoms. The van der Waals surface area contributed by atoms with Crippen molar-refractivity contribution in [3.63, 3.8) is 0 Å². The number of anilines is 2. The Morgan fingerprint density at radius 3 is 2.47 bits per heavy atom. The second-order valence-electron chi connectivity index (χ2n) is 8.20. The SMILES string of the molecule is CCn1c2ccccc2c2cc(NS(=O)(=O)c3ccc(N4CCCC4=O)c(C)c3)ccc21. The number of carbonyl (C=O) groups excluding carboxylic acids is 1. The van der Waals surface area contributed by atoms with Crippen molar-refractivity contribution in [2.75, 3.05) is 16.2 Å². The van der Waals surface area contributed by atoms with Crippen LogP contribution in [0.15, 0.2) is 65.6 Å². The Morgan fingerprint density at radius 2 is 1.75 bits per heavy atom. The average molecular weight is 448 g/mol. The van der Waals surface area contributed by atoms with Crippen molar-refractivity contribution in [3.8, 4) is 0 Å². The lowest BCUT2D eigenvalue weighted by Gasteiger charge is -2.19. The summed E-state index contributed by atoms with van der Waals surface area (Å²) in [5, 5.41) is 2.11. The minimum Gasteiger partial charge on any atom is -0.341 e. The van der Waals surface area contributed by atoms with Crippen LogP contribution in [0.5, 0.6) is 0 Å². The van der Waals surface area contributed by atoms with Crippen molar-refractivity contribution in [2.45, 2.75) is 38.1 Å². The molecule has 1 aromatic heterocycles. The predicted molar refractivity (Wildman–Crippen MR) is 129 cm³/mol. The van der Waals surface area contributed by atoms with E-state index in [0.717, 1.165) is 46.0 Å². The van der Waals surface area contributed by atoms with E-state index < -0.39 is 10.0 Å². The van der Waals surface area contributed by atoms with Crippen LogP contribution in [0.2, 0.25) is 0 Å². The molecule has 5 rings (SSSR count). The molecule has 0 spiro atoms. The number of fused-ring (bicyclic) bond motifs is 3. The van der Waals surface area contributed by atoms with E-state index in [1.807, 2.05) is 31.2 Å². The fourth-order valence-electron chi connectivity index (χ4n) is 4.67. The fourth-order valence-corrected chi connectivity index (χ4v) is 5.81. The largest absolute Gasteiger partial charge is 0.341 e. The molecule has 1 aliphatic heterocycles. The Hall–Kier alpha value is -3.32. The highest BCUT2D eigenvalue weighted by atomic mass is 32.2. The van der Waals surface area contributed by atoms with Gasteiger partial charge >= 0.3 is 0 Å². The lowest BCUT2D eigenvalue weighted by Crippen LogP contribution is -2.24. The third-order valence-electron chi connectivity index (χ3n) is 6.18. The third-order valence-corrected chi connectivity index (χ3v) is 7.56. The first-order valence-corrected chi connectivity index (χ1v) is 12.3. The first-order chi connectivity index (χ1) is 15.4. The summed E-state index contributed by atoms with van der Waals surface area (Å²) in [6.07, 6.45) is 1.37. The normalized spacial score (nSPS) is 14.6. The Labute approximate surface area is 187 Å². The van der Waals surface area contributed by atoms with Crippen molar-refractivity contribution in [1.29, 1.82) is 0 Å². The summed E-state index contributed by atoms with van der Waals surface area (Å²) in [5.74, 6) is 0.0846. The van der Waals surface area contributed by atoms with Gasteiger partial charge in [0.05, 0.1) is 4.90 Å². The molecule has 164 valence electrons. The van der Waals surface area contributed by atoms with Crippen LogP contribution in [-0.4, -0.2) is 25.4 Å². The van der Waals surface area contributed by atoms with Crippen molar-refractivity contribution < 1.29 is 13.2 Å². The molecule has 32 heavy (non-hydrogen) atoms. The highest BCUT2D eigenvalue weighted by Gasteiger charge is 2.24. The van der Waals surface area contributed by atoms with Gasteiger partial charge in [-0.2, -0.15) is 0 Å². The number of aromatic nitrogens is 1. The smallest absolute Gasteiger partial charge is 0.261 e. The van der Waals surface area contributed by atoms with Crippen molar-refractivity contribution in [1.82, 2.24) is 4.57 Å². The molecule has 1 aliphatic rings. The van der Waals surface area contributed by atoms with E-state index in [1.165, 1.54) is 0 Å². The monoisotopic (exact) mass is 447 g/mol. The number of nitrogens with one attached hydrogen (secondary N) is 1. The molecule has 7 heteroatoms. The van der Waals surface area contributed by atoms with Crippen LogP contribution in [0.1, 0.15) is 25.3 Å². The van der Waals surface area contributed by atoms with Gasteiger partial charge in [-0.25, -0.2) is 8.42 Å². The number of aryl methyl sites for hydroxylation is 2. The van der Waals surface area contributed by atoms with Gasteiger partial charge in [-0.05, 0) is 68.3 Å². The van der Waals surface area contributed by atoms with Gasteiger partial charge in [0, 0.05) is 52.7 Å². The minimum atomic E-state index is -3.77. The number of hydrogen-bond donors (Lipinski definition) is 1. The quantitative estimate of drug-likeness (QED) is 0.465. The summed E-state index contributed by atoms with van der Waals surface area (Å²) in [6, 6.07) is 18.7. The maximum Gasteiger partial charge on any atom is 0.261 e. The van der Waals surface area contributed by atoms with Gasteiger partial charge in [0.1, 0.15) is 0 Å². The number of hydrogen-bond acceptors (Lipinski definition) is 3. The average Bonchev–Trinajstić information content (AvgIpc) is 3.34. The Morgan fingerprint density at radius 1 is 0.969 bits per heavy atom. The summed E-state index contributed by atoms with van der Waals surface area (Å²) in [5.41, 5.74) is 4.28. The number of benzene rings is 3. The number of nitrogens with zero attached hydrogens (tertiary/aromatic N) is 2. The Balaban J connectivity index is 1.50. The van der Waals surface area contributed by atoms with E-state index in [2.05, 4.69) is 28.3 Å². The summed E-state index contributed by atoms with van der Waals surface area (Å²) in [4.78, 5) is 14.0. The molecule has 3 aromatic carbocycles. The molecule has 0 aliphatic carbocycles. The molecule has 1 N–H and O–H groups in total. The predicted octanol–water partition coefficient (Wildman–Crippen LogP) is 5.05. The zero-order chi connectivity index (χ0) is 22.5. The maximum absolute atomic E-state index is 13.1. The summed E-state index contributed by atoms with van der Waals surface area (Å²) >= 11 is 0. The second kappa shape index (κ2) is 7.67. The molecule has 6 nitrogen and oxygen atoms in total. The van der Waals surface area contributed by atoms with E-state index in [1.54, 1.807) is 29.2 Å². The fraction of sp³-hybridized carbons (Fsp3) is 0.240. The zero-order valence-electron chi connectivity index (χ0n) is 18.1. The van der Waals surface area contributed by atoms with Gasteiger partial charge in [-0.15, -0.1) is 0 Å². The summed E-state index contributed by atoms with van der Waals surface area (Å²) in [6.45, 7) is 5.45. The van der Waals surface area contributed by atoms with Gasteiger partial charge in [0.2, 0.25) is 5.91 Å². The van der Waals surface area contributed by atoms with Crippen LogP contribution in [0.25, 0.3) is 21.8 Å². The molecule has 4 aromatic rings. The van der Waals surface area contributed by atoms with Crippen LogP contribution in [-0.2, 0) is 21.4 Å². The van der Waals surface area contributed by atoms with Crippen LogP contribution < -0.4 is 9.62 Å². The standard InChI is InChI=1S/C25H25N3O3S/c1-3-27-23-8-5-4-7-20(23)21-16-18(10-12-24(21)27)26-32(30,31)19-11-13-22(17(2)15-19)28-14-6-9-25(28)29/h4-5,7-8,10-13,15-16,26H,3,6,9,14H2,1-2H3. The van der Waals surface area contributed by atoms with E-state index in [4.69, 9.17) is 0 Å².